The van der Waals surface area contributed by atoms with Crippen LogP contribution in [-0.4, -0.2) is 27.1 Å². The van der Waals surface area contributed by atoms with E-state index in [4.69, 9.17) is 0 Å². The summed E-state index contributed by atoms with van der Waals surface area (Å²) in [6.45, 7) is 5.60. The third-order valence-corrected chi connectivity index (χ3v) is 5.00. The molecule has 0 bridgehead atoms. The van der Waals surface area contributed by atoms with Gasteiger partial charge in [0.2, 0.25) is 15.9 Å². The molecule has 2 aromatic rings. The van der Waals surface area contributed by atoms with Crippen LogP contribution in [-0.2, 0) is 14.8 Å². The van der Waals surface area contributed by atoms with Gasteiger partial charge in [0.05, 0.1) is 11.9 Å². The van der Waals surface area contributed by atoms with Crippen LogP contribution < -0.4 is 9.62 Å². The average molecular weight is 360 g/mol. The van der Waals surface area contributed by atoms with Crippen LogP contribution in [0.2, 0.25) is 0 Å². The quantitative estimate of drug-likeness (QED) is 0.857. The van der Waals surface area contributed by atoms with E-state index in [1.165, 1.54) is 4.31 Å². The van der Waals surface area contributed by atoms with E-state index in [2.05, 4.69) is 5.32 Å². The molecule has 0 aliphatic carbocycles. The zero-order valence-corrected chi connectivity index (χ0v) is 15.8. The first-order chi connectivity index (χ1) is 11.7. The molecule has 0 unspecified atom stereocenters. The number of benzene rings is 2. The zero-order chi connectivity index (χ0) is 18.6. The number of aryl methyl sites for hydroxylation is 1. The number of carbonyl (C=O) groups excluding carboxylic acids is 1. The fourth-order valence-corrected chi connectivity index (χ4v) is 3.64. The lowest BCUT2D eigenvalue weighted by atomic mass is 9.98. The molecule has 0 radical (unpaired) electrons. The second kappa shape index (κ2) is 7.70. The molecule has 0 saturated carbocycles. The second-order valence-corrected chi connectivity index (χ2v) is 8.26. The number of para-hydroxylation sites is 2. The Bertz CT molecular complexity index is 846. The van der Waals surface area contributed by atoms with E-state index in [0.717, 1.165) is 17.4 Å². The number of nitrogens with one attached hydrogen (secondary N) is 1. The summed E-state index contributed by atoms with van der Waals surface area (Å²) in [6.07, 6.45) is 1.12. The van der Waals surface area contributed by atoms with Crippen molar-refractivity contribution in [2.45, 2.75) is 26.7 Å². The lowest BCUT2D eigenvalue weighted by Crippen LogP contribution is -2.38. The molecule has 1 amide bonds. The monoisotopic (exact) mass is 360 g/mol. The number of nitrogens with zero attached hydrogens (tertiary/aromatic N) is 1. The molecular formula is C19H24N2O3S. The largest absolute Gasteiger partial charge is 0.325 e. The van der Waals surface area contributed by atoms with Crippen molar-refractivity contribution < 1.29 is 13.2 Å². The molecule has 0 heterocycles. The van der Waals surface area contributed by atoms with E-state index in [9.17, 15) is 13.2 Å². The van der Waals surface area contributed by atoms with Crippen molar-refractivity contribution in [1.82, 2.24) is 0 Å². The van der Waals surface area contributed by atoms with Gasteiger partial charge >= 0.3 is 0 Å². The van der Waals surface area contributed by atoms with Crippen molar-refractivity contribution in [3.05, 3.63) is 59.7 Å². The van der Waals surface area contributed by atoms with E-state index in [-0.39, 0.29) is 18.4 Å². The summed E-state index contributed by atoms with van der Waals surface area (Å²) in [5.41, 5.74) is 2.94. The van der Waals surface area contributed by atoms with Crippen molar-refractivity contribution in [1.29, 1.82) is 0 Å². The number of anilines is 2. The summed E-state index contributed by atoms with van der Waals surface area (Å²) in [5, 5.41) is 2.74. The normalized spacial score (nSPS) is 11.4. The van der Waals surface area contributed by atoms with Crippen LogP contribution in [0.3, 0.4) is 0 Å². The maximum absolute atomic E-state index is 12.4. The Morgan fingerprint density at radius 1 is 1.08 bits per heavy atom. The van der Waals surface area contributed by atoms with Gasteiger partial charge in [-0.3, -0.25) is 9.10 Å². The fourth-order valence-electron chi connectivity index (χ4n) is 2.70. The van der Waals surface area contributed by atoms with Crippen LogP contribution in [0.5, 0.6) is 0 Å². The van der Waals surface area contributed by atoms with Gasteiger partial charge < -0.3 is 5.32 Å². The standard InChI is InChI=1S/C19H24N2O3S/c1-14(2)17-12-8-9-15(3)19(17)21(25(4,23)24)13-18(22)20-16-10-6-5-7-11-16/h5-12,14H,13H2,1-4H3,(H,20,22). The van der Waals surface area contributed by atoms with Gasteiger partial charge in [-0.25, -0.2) is 8.42 Å². The Morgan fingerprint density at radius 3 is 2.28 bits per heavy atom. The highest BCUT2D eigenvalue weighted by Gasteiger charge is 2.25. The van der Waals surface area contributed by atoms with E-state index in [1.807, 2.05) is 57.2 Å². The summed E-state index contributed by atoms with van der Waals surface area (Å²) in [7, 11) is -3.61. The van der Waals surface area contributed by atoms with E-state index >= 15 is 0 Å². The molecule has 0 aliphatic rings. The first-order valence-corrected chi connectivity index (χ1v) is 9.97. The predicted octanol–water partition coefficient (Wildman–Crippen LogP) is 3.52. The SMILES string of the molecule is Cc1cccc(C(C)C)c1N(CC(=O)Nc1ccccc1)S(C)(=O)=O. The molecule has 0 aromatic heterocycles. The molecule has 1 N–H and O–H groups in total. The highest BCUT2D eigenvalue weighted by molar-refractivity contribution is 7.92. The maximum atomic E-state index is 12.4. The molecule has 5 nitrogen and oxygen atoms in total. The fraction of sp³-hybridized carbons (Fsp3) is 0.316. The van der Waals surface area contributed by atoms with E-state index in [1.54, 1.807) is 12.1 Å². The Morgan fingerprint density at radius 2 is 1.72 bits per heavy atom. The van der Waals surface area contributed by atoms with Crippen molar-refractivity contribution >= 4 is 27.3 Å². The molecule has 6 heteroatoms. The van der Waals surface area contributed by atoms with Crippen molar-refractivity contribution in [3.8, 4) is 0 Å². The molecule has 0 saturated heterocycles. The second-order valence-electron chi connectivity index (χ2n) is 6.35. The first kappa shape index (κ1) is 19.0. The molecule has 25 heavy (non-hydrogen) atoms. The third kappa shape index (κ3) is 4.82. The Labute approximate surface area is 149 Å². The Hall–Kier alpha value is -2.34. The van der Waals surface area contributed by atoms with Crippen LogP contribution in [0.15, 0.2) is 48.5 Å². The highest BCUT2D eigenvalue weighted by Crippen LogP contribution is 2.32. The highest BCUT2D eigenvalue weighted by atomic mass is 32.2. The molecule has 134 valence electrons. The van der Waals surface area contributed by atoms with Crippen molar-refractivity contribution in [3.63, 3.8) is 0 Å². The van der Waals surface area contributed by atoms with Crippen LogP contribution in [0.4, 0.5) is 11.4 Å². The van der Waals surface area contributed by atoms with Gasteiger partial charge in [0.25, 0.3) is 0 Å². The van der Waals surface area contributed by atoms with Crippen molar-refractivity contribution in [2.24, 2.45) is 0 Å². The topological polar surface area (TPSA) is 66.5 Å². The van der Waals surface area contributed by atoms with Crippen LogP contribution >= 0.6 is 0 Å². The summed E-state index contributed by atoms with van der Waals surface area (Å²) in [5.74, 6) is -0.245. The average Bonchev–Trinajstić information content (AvgIpc) is 2.52. The van der Waals surface area contributed by atoms with E-state index < -0.39 is 10.0 Å². The van der Waals surface area contributed by atoms with Gasteiger partial charge in [0.15, 0.2) is 0 Å². The minimum atomic E-state index is -3.61. The van der Waals surface area contributed by atoms with Gasteiger partial charge in [-0.2, -0.15) is 0 Å². The molecule has 0 spiro atoms. The minimum Gasteiger partial charge on any atom is -0.325 e. The number of rotatable bonds is 6. The first-order valence-electron chi connectivity index (χ1n) is 8.12. The molecule has 2 aromatic carbocycles. The smallest absolute Gasteiger partial charge is 0.245 e. The summed E-state index contributed by atoms with van der Waals surface area (Å²) < 4.78 is 26.0. The van der Waals surface area contributed by atoms with Gasteiger partial charge in [0, 0.05) is 5.69 Å². The lowest BCUT2D eigenvalue weighted by molar-refractivity contribution is -0.114. The number of hydrogen-bond donors (Lipinski definition) is 1. The summed E-state index contributed by atoms with van der Waals surface area (Å²) >= 11 is 0. The third-order valence-electron chi connectivity index (χ3n) is 3.89. The number of carbonyl (C=O) groups is 1. The van der Waals surface area contributed by atoms with Gasteiger partial charge in [-0.05, 0) is 36.1 Å². The van der Waals surface area contributed by atoms with Crippen LogP contribution in [0.25, 0.3) is 0 Å². The molecule has 0 fully saturated rings. The number of hydrogen-bond acceptors (Lipinski definition) is 3. The zero-order valence-electron chi connectivity index (χ0n) is 15.0. The lowest BCUT2D eigenvalue weighted by Gasteiger charge is -2.27. The number of sulfonamides is 1. The molecule has 2 rings (SSSR count). The van der Waals surface area contributed by atoms with Crippen LogP contribution in [0, 0.1) is 6.92 Å². The van der Waals surface area contributed by atoms with Gasteiger partial charge in [-0.1, -0.05) is 50.2 Å². The molecular weight excluding hydrogens is 336 g/mol. The van der Waals surface area contributed by atoms with Crippen LogP contribution in [0.1, 0.15) is 30.9 Å². The summed E-state index contributed by atoms with van der Waals surface area (Å²) in [4.78, 5) is 12.4. The van der Waals surface area contributed by atoms with E-state index in [0.29, 0.717) is 11.4 Å². The molecule has 0 aliphatic heterocycles. The van der Waals surface area contributed by atoms with Crippen molar-refractivity contribution in [2.75, 3.05) is 22.4 Å². The maximum Gasteiger partial charge on any atom is 0.245 e. The number of amides is 1. The molecule has 0 atom stereocenters. The minimum absolute atomic E-state index is 0.135. The summed E-state index contributed by atoms with van der Waals surface area (Å²) in [6, 6.07) is 14.6. The van der Waals surface area contributed by atoms with Gasteiger partial charge in [-0.15, -0.1) is 0 Å². The predicted molar refractivity (Wildman–Crippen MR) is 103 cm³/mol. The Kier molecular flexibility index (Phi) is 5.85. The Balaban J connectivity index is 2.37. The van der Waals surface area contributed by atoms with Gasteiger partial charge in [0.1, 0.15) is 6.54 Å².